The van der Waals surface area contributed by atoms with Gasteiger partial charge in [-0.2, -0.15) is 5.10 Å². The highest BCUT2D eigenvalue weighted by atomic mass is 16.2. The van der Waals surface area contributed by atoms with Crippen LogP contribution in [0.5, 0.6) is 0 Å². The number of carbonyl (C=O) groups excluding carboxylic acids is 2. The van der Waals surface area contributed by atoms with Crippen molar-refractivity contribution < 1.29 is 9.59 Å². The number of amides is 2. The number of carbonyl (C=O) groups is 2. The van der Waals surface area contributed by atoms with E-state index >= 15 is 0 Å². The van der Waals surface area contributed by atoms with Crippen LogP contribution in [0.2, 0.25) is 0 Å². The van der Waals surface area contributed by atoms with Gasteiger partial charge in [0.05, 0.1) is 5.71 Å². The lowest BCUT2D eigenvalue weighted by atomic mass is 10.0. The molecule has 1 aromatic rings. The number of hydrogen-bond acceptors (Lipinski definition) is 3. The van der Waals surface area contributed by atoms with Crippen LogP contribution in [0.25, 0.3) is 0 Å². The van der Waals surface area contributed by atoms with Gasteiger partial charge in [0, 0.05) is 25.9 Å². The zero-order valence-electron chi connectivity index (χ0n) is 13.6. The molecule has 2 amide bonds. The van der Waals surface area contributed by atoms with Crippen LogP contribution < -0.4 is 0 Å². The summed E-state index contributed by atoms with van der Waals surface area (Å²) >= 11 is 0. The smallest absolute Gasteiger partial charge is 0.244 e. The molecular formula is C18H23N3O2. The Morgan fingerprint density at radius 1 is 1.09 bits per heavy atom. The topological polar surface area (TPSA) is 53.0 Å². The minimum absolute atomic E-state index is 0.00644. The van der Waals surface area contributed by atoms with Gasteiger partial charge in [-0.1, -0.05) is 29.8 Å². The molecular weight excluding hydrogens is 290 g/mol. The Morgan fingerprint density at radius 2 is 1.78 bits per heavy atom. The van der Waals surface area contributed by atoms with Crippen LogP contribution in [0.15, 0.2) is 29.4 Å². The molecule has 2 aliphatic heterocycles. The predicted octanol–water partition coefficient (Wildman–Crippen LogP) is 2.33. The minimum atomic E-state index is -0.0637. The van der Waals surface area contributed by atoms with Crippen molar-refractivity contribution in [2.45, 2.75) is 39.0 Å². The zero-order valence-corrected chi connectivity index (χ0v) is 13.6. The normalized spacial score (nSPS) is 18.8. The largest absolute Gasteiger partial charge is 0.341 e. The van der Waals surface area contributed by atoms with E-state index in [1.165, 1.54) is 17.0 Å². The second-order valence-corrected chi connectivity index (χ2v) is 6.31. The molecule has 0 bridgehead atoms. The number of rotatable bonds is 3. The van der Waals surface area contributed by atoms with E-state index in [4.69, 9.17) is 0 Å². The molecule has 2 heterocycles. The molecule has 0 aliphatic carbocycles. The number of aryl methyl sites for hydroxylation is 1. The Balaban J connectivity index is 1.71. The number of piperidine rings is 1. The lowest BCUT2D eigenvalue weighted by Gasteiger charge is -2.29. The highest BCUT2D eigenvalue weighted by molar-refractivity contribution is 6.04. The Morgan fingerprint density at radius 3 is 2.48 bits per heavy atom. The van der Waals surface area contributed by atoms with Gasteiger partial charge in [-0.15, -0.1) is 0 Å². The molecule has 23 heavy (non-hydrogen) atoms. The van der Waals surface area contributed by atoms with Crippen molar-refractivity contribution in [3.8, 4) is 0 Å². The molecule has 1 aromatic carbocycles. The SMILES string of the molecule is Cc1ccc(C2=NN(CC(=O)N3CCCCC3)C(=O)CC2)cc1. The van der Waals surface area contributed by atoms with E-state index in [2.05, 4.69) is 5.10 Å². The van der Waals surface area contributed by atoms with Gasteiger partial charge in [-0.25, -0.2) is 5.01 Å². The van der Waals surface area contributed by atoms with E-state index in [1.54, 1.807) is 0 Å². The number of benzene rings is 1. The standard InChI is InChI=1S/C18H23N3O2/c1-14-5-7-15(8-6-14)16-9-10-17(22)21(19-16)13-18(23)20-11-3-2-4-12-20/h5-8H,2-4,9-13H2,1H3. The van der Waals surface area contributed by atoms with Gasteiger partial charge in [-0.05, 0) is 31.7 Å². The van der Waals surface area contributed by atoms with Gasteiger partial charge in [0.25, 0.3) is 0 Å². The molecule has 0 radical (unpaired) electrons. The maximum absolute atomic E-state index is 12.4. The number of nitrogens with zero attached hydrogens (tertiary/aromatic N) is 3. The predicted molar refractivity (Wildman–Crippen MR) is 89.1 cm³/mol. The van der Waals surface area contributed by atoms with Crippen molar-refractivity contribution in [3.63, 3.8) is 0 Å². The molecule has 2 aliphatic rings. The molecule has 0 aromatic heterocycles. The molecule has 0 spiro atoms. The number of likely N-dealkylation sites (tertiary alicyclic amines) is 1. The molecule has 0 N–H and O–H groups in total. The fourth-order valence-electron chi connectivity index (χ4n) is 3.05. The van der Waals surface area contributed by atoms with Crippen molar-refractivity contribution in [1.82, 2.24) is 9.91 Å². The maximum Gasteiger partial charge on any atom is 0.244 e. The van der Waals surface area contributed by atoms with E-state index in [9.17, 15) is 9.59 Å². The number of hydrazone groups is 1. The van der Waals surface area contributed by atoms with Gasteiger partial charge in [0.2, 0.25) is 11.8 Å². The lowest BCUT2D eigenvalue weighted by molar-refractivity contribution is -0.141. The zero-order chi connectivity index (χ0) is 16.2. The lowest BCUT2D eigenvalue weighted by Crippen LogP contribution is -2.44. The van der Waals surface area contributed by atoms with Gasteiger partial charge in [0.15, 0.2) is 0 Å². The third-order valence-electron chi connectivity index (χ3n) is 4.48. The summed E-state index contributed by atoms with van der Waals surface area (Å²) in [6, 6.07) is 8.12. The first-order valence-corrected chi connectivity index (χ1v) is 8.36. The maximum atomic E-state index is 12.4. The van der Waals surface area contributed by atoms with Crippen molar-refractivity contribution in [2.24, 2.45) is 5.10 Å². The van der Waals surface area contributed by atoms with Crippen LogP contribution in [-0.4, -0.2) is 47.1 Å². The summed E-state index contributed by atoms with van der Waals surface area (Å²) in [5.74, 6) is -0.0572. The molecule has 0 unspecified atom stereocenters. The third-order valence-corrected chi connectivity index (χ3v) is 4.48. The van der Waals surface area contributed by atoms with Crippen LogP contribution >= 0.6 is 0 Å². The summed E-state index contributed by atoms with van der Waals surface area (Å²) in [5, 5.41) is 5.81. The summed E-state index contributed by atoms with van der Waals surface area (Å²) in [7, 11) is 0. The van der Waals surface area contributed by atoms with Crippen molar-refractivity contribution >= 4 is 17.5 Å². The molecule has 122 valence electrons. The molecule has 0 saturated carbocycles. The van der Waals surface area contributed by atoms with Crippen LogP contribution in [-0.2, 0) is 9.59 Å². The fourth-order valence-corrected chi connectivity index (χ4v) is 3.05. The van der Waals surface area contributed by atoms with Crippen LogP contribution in [0.3, 0.4) is 0 Å². The molecule has 5 nitrogen and oxygen atoms in total. The summed E-state index contributed by atoms with van der Waals surface area (Å²) in [5.41, 5.74) is 3.10. The van der Waals surface area contributed by atoms with E-state index < -0.39 is 0 Å². The first-order valence-electron chi connectivity index (χ1n) is 8.36. The van der Waals surface area contributed by atoms with Crippen LogP contribution in [0, 0.1) is 6.92 Å². The second-order valence-electron chi connectivity index (χ2n) is 6.31. The van der Waals surface area contributed by atoms with Crippen LogP contribution in [0.4, 0.5) is 0 Å². The minimum Gasteiger partial charge on any atom is -0.341 e. The Labute approximate surface area is 137 Å². The quantitative estimate of drug-likeness (QED) is 0.860. The van der Waals surface area contributed by atoms with Crippen molar-refractivity contribution in [3.05, 3.63) is 35.4 Å². The van der Waals surface area contributed by atoms with Gasteiger partial charge < -0.3 is 4.90 Å². The van der Waals surface area contributed by atoms with Crippen LogP contribution in [0.1, 0.15) is 43.2 Å². The van der Waals surface area contributed by atoms with Gasteiger partial charge in [-0.3, -0.25) is 9.59 Å². The Hall–Kier alpha value is -2.17. The highest BCUT2D eigenvalue weighted by Crippen LogP contribution is 2.17. The molecule has 0 atom stereocenters. The second kappa shape index (κ2) is 6.94. The summed E-state index contributed by atoms with van der Waals surface area (Å²) in [4.78, 5) is 26.3. The van der Waals surface area contributed by atoms with Crippen molar-refractivity contribution in [1.29, 1.82) is 0 Å². The summed E-state index contributed by atoms with van der Waals surface area (Å²) < 4.78 is 0. The Bertz CT molecular complexity index is 616. The van der Waals surface area contributed by atoms with E-state index in [-0.39, 0.29) is 18.4 Å². The molecule has 1 saturated heterocycles. The molecule has 5 heteroatoms. The first-order chi connectivity index (χ1) is 11.1. The monoisotopic (exact) mass is 313 g/mol. The number of hydrogen-bond donors (Lipinski definition) is 0. The van der Waals surface area contributed by atoms with Gasteiger partial charge >= 0.3 is 0 Å². The first kappa shape index (κ1) is 15.7. The molecule has 3 rings (SSSR count). The third kappa shape index (κ3) is 3.78. The van der Waals surface area contributed by atoms with E-state index in [1.807, 2.05) is 36.1 Å². The fraction of sp³-hybridized carbons (Fsp3) is 0.500. The molecule has 1 fully saturated rings. The van der Waals surface area contributed by atoms with Crippen molar-refractivity contribution in [2.75, 3.05) is 19.6 Å². The highest BCUT2D eigenvalue weighted by Gasteiger charge is 2.26. The Kier molecular flexibility index (Phi) is 4.74. The summed E-state index contributed by atoms with van der Waals surface area (Å²) in [6.07, 6.45) is 4.34. The average molecular weight is 313 g/mol. The summed E-state index contributed by atoms with van der Waals surface area (Å²) in [6.45, 7) is 3.71. The average Bonchev–Trinajstić information content (AvgIpc) is 2.58. The van der Waals surface area contributed by atoms with E-state index in [0.29, 0.717) is 12.8 Å². The van der Waals surface area contributed by atoms with Gasteiger partial charge in [0.1, 0.15) is 6.54 Å². The van der Waals surface area contributed by atoms with E-state index in [0.717, 1.165) is 37.2 Å².